The number of Topliss-reactive ketones (excluding diaryl/α,β-unsaturated/α-hetero) is 1. The Hall–Kier alpha value is -4.08. The molecule has 0 aliphatic heterocycles. The number of nitrogens with one attached hydrogen (secondary N) is 1. The van der Waals surface area contributed by atoms with Crippen molar-refractivity contribution in [1.82, 2.24) is 4.57 Å². The van der Waals surface area contributed by atoms with Crippen LogP contribution in [0.5, 0.6) is 5.75 Å². The molecule has 4 aromatic rings. The first kappa shape index (κ1) is 27.9. The monoisotopic (exact) mass is 566 g/mol. The molecule has 0 amide bonds. The number of methoxy groups -OCH3 is 1. The number of para-hydroxylation sites is 1. The van der Waals surface area contributed by atoms with Gasteiger partial charge in [0.15, 0.2) is 6.10 Å². The van der Waals surface area contributed by atoms with Crippen molar-refractivity contribution in [2.24, 2.45) is 0 Å². The molecule has 1 N–H and O–H groups in total. The van der Waals surface area contributed by atoms with Gasteiger partial charge < -0.3 is 14.0 Å². The van der Waals surface area contributed by atoms with E-state index in [4.69, 9.17) is 21.1 Å². The highest BCUT2D eigenvalue weighted by Crippen LogP contribution is 2.30. The number of benzene rings is 3. The molecule has 0 saturated carbocycles. The zero-order valence-electron chi connectivity index (χ0n) is 21.8. The van der Waals surface area contributed by atoms with E-state index in [9.17, 15) is 18.0 Å². The van der Waals surface area contributed by atoms with Crippen LogP contribution >= 0.6 is 11.6 Å². The van der Waals surface area contributed by atoms with Crippen molar-refractivity contribution in [3.8, 4) is 11.4 Å². The summed E-state index contributed by atoms with van der Waals surface area (Å²) in [6, 6.07) is 21.2. The van der Waals surface area contributed by atoms with Crippen molar-refractivity contribution in [2.75, 3.05) is 11.8 Å². The lowest BCUT2D eigenvalue weighted by atomic mass is 10.1. The van der Waals surface area contributed by atoms with Crippen LogP contribution < -0.4 is 9.46 Å². The minimum Gasteiger partial charge on any atom is -0.495 e. The molecule has 4 rings (SSSR count). The summed E-state index contributed by atoms with van der Waals surface area (Å²) in [5, 5.41) is 0.314. The zero-order valence-corrected chi connectivity index (χ0v) is 23.3. The molecule has 3 aromatic carbocycles. The van der Waals surface area contributed by atoms with Gasteiger partial charge in [-0.2, -0.15) is 0 Å². The number of sulfonamides is 1. The summed E-state index contributed by atoms with van der Waals surface area (Å²) in [6.45, 7) is 5.22. The summed E-state index contributed by atoms with van der Waals surface area (Å²) < 4.78 is 41.1. The molecular formula is C29H27ClN2O6S. The number of rotatable bonds is 9. The summed E-state index contributed by atoms with van der Waals surface area (Å²) >= 11 is 6.00. The lowest BCUT2D eigenvalue weighted by molar-refractivity contribution is 0.0318. The number of ether oxygens (including phenoxy) is 2. The maximum atomic E-state index is 13.2. The number of hydrogen-bond acceptors (Lipinski definition) is 6. The summed E-state index contributed by atoms with van der Waals surface area (Å²) in [7, 11) is -2.70. The minimum absolute atomic E-state index is 0.0228. The van der Waals surface area contributed by atoms with E-state index >= 15 is 0 Å². The topological polar surface area (TPSA) is 104 Å². The molecule has 0 saturated heterocycles. The van der Waals surface area contributed by atoms with Crippen molar-refractivity contribution in [1.29, 1.82) is 0 Å². The van der Waals surface area contributed by atoms with Gasteiger partial charge in [0.25, 0.3) is 10.0 Å². The molecule has 0 spiro atoms. The normalized spacial score (nSPS) is 12.0. The highest BCUT2D eigenvalue weighted by Gasteiger charge is 2.26. The van der Waals surface area contributed by atoms with Crippen LogP contribution in [0.15, 0.2) is 83.8 Å². The Kier molecular flexibility index (Phi) is 8.13. The second kappa shape index (κ2) is 11.3. The lowest BCUT2D eigenvalue weighted by Gasteiger charge is -2.14. The number of aryl methyl sites for hydroxylation is 1. The fourth-order valence-corrected chi connectivity index (χ4v) is 5.52. The third-order valence-electron chi connectivity index (χ3n) is 6.15. The van der Waals surface area contributed by atoms with Gasteiger partial charge in [0.2, 0.25) is 5.78 Å². The lowest BCUT2D eigenvalue weighted by Crippen LogP contribution is -2.25. The van der Waals surface area contributed by atoms with Crippen molar-refractivity contribution >= 4 is 39.1 Å². The molecule has 0 aliphatic carbocycles. The Labute approximate surface area is 232 Å². The van der Waals surface area contributed by atoms with Gasteiger partial charge in [0.05, 0.1) is 23.3 Å². The van der Waals surface area contributed by atoms with Gasteiger partial charge >= 0.3 is 5.97 Å². The van der Waals surface area contributed by atoms with E-state index in [-0.39, 0.29) is 27.7 Å². The van der Waals surface area contributed by atoms with E-state index in [1.165, 1.54) is 50.4 Å². The van der Waals surface area contributed by atoms with Crippen molar-refractivity contribution in [3.05, 3.63) is 106 Å². The average molecular weight is 567 g/mol. The molecule has 202 valence electrons. The second-order valence-corrected chi connectivity index (χ2v) is 11.0. The van der Waals surface area contributed by atoms with Crippen molar-refractivity contribution in [3.63, 3.8) is 0 Å². The standard InChI is InChI=1S/C29H27ClN2O6S/c1-18-15-25(19(2)32(18)23-10-6-5-7-11-23)28(33)20(3)38-29(34)21-9-8-12-24(16-21)39(35,36)31-26-17-22(30)13-14-27(26)37-4/h5-17,20,31H,1-4H3. The Morgan fingerprint density at radius 2 is 1.67 bits per heavy atom. The number of anilines is 1. The number of hydrogen-bond donors (Lipinski definition) is 1. The quantitative estimate of drug-likeness (QED) is 0.197. The molecule has 39 heavy (non-hydrogen) atoms. The number of ketones is 1. The zero-order chi connectivity index (χ0) is 28.3. The number of carbonyl (C=O) groups is 2. The summed E-state index contributed by atoms with van der Waals surface area (Å²) in [5.74, 6) is -0.917. The van der Waals surface area contributed by atoms with Crippen LogP contribution in [0.4, 0.5) is 5.69 Å². The molecule has 0 fully saturated rings. The Balaban J connectivity index is 1.52. The van der Waals surface area contributed by atoms with Gasteiger partial charge in [0.1, 0.15) is 5.75 Å². The fourth-order valence-electron chi connectivity index (χ4n) is 4.24. The summed E-state index contributed by atoms with van der Waals surface area (Å²) in [4.78, 5) is 26.0. The average Bonchev–Trinajstić information content (AvgIpc) is 3.22. The van der Waals surface area contributed by atoms with E-state index < -0.39 is 22.1 Å². The van der Waals surface area contributed by atoms with Gasteiger partial charge in [-0.25, -0.2) is 13.2 Å². The van der Waals surface area contributed by atoms with E-state index in [2.05, 4.69) is 4.72 Å². The van der Waals surface area contributed by atoms with E-state index in [1.54, 1.807) is 12.1 Å². The molecule has 8 nitrogen and oxygen atoms in total. The molecule has 0 radical (unpaired) electrons. The third-order valence-corrected chi connectivity index (χ3v) is 7.75. The minimum atomic E-state index is -4.11. The highest BCUT2D eigenvalue weighted by atomic mass is 35.5. The van der Waals surface area contributed by atoms with Crippen LogP contribution in [-0.4, -0.2) is 38.0 Å². The van der Waals surface area contributed by atoms with Gasteiger partial charge in [-0.1, -0.05) is 35.9 Å². The molecule has 1 unspecified atom stereocenters. The van der Waals surface area contributed by atoms with Crippen LogP contribution in [0, 0.1) is 13.8 Å². The first-order valence-electron chi connectivity index (χ1n) is 12.0. The number of esters is 1. The Morgan fingerprint density at radius 3 is 2.36 bits per heavy atom. The number of carbonyl (C=O) groups excluding carboxylic acids is 2. The van der Waals surface area contributed by atoms with Crippen LogP contribution in [0.25, 0.3) is 5.69 Å². The number of nitrogens with zero attached hydrogens (tertiary/aromatic N) is 1. The fraction of sp³-hybridized carbons (Fsp3) is 0.172. The summed E-state index contributed by atoms with van der Waals surface area (Å²) in [5.41, 5.74) is 3.06. The molecule has 10 heteroatoms. The maximum absolute atomic E-state index is 13.2. The van der Waals surface area contributed by atoms with Crippen molar-refractivity contribution in [2.45, 2.75) is 31.8 Å². The SMILES string of the molecule is COc1ccc(Cl)cc1NS(=O)(=O)c1cccc(C(=O)OC(C)C(=O)c2cc(C)n(-c3ccccc3)c2C)c1. The Bertz CT molecular complexity index is 1650. The highest BCUT2D eigenvalue weighted by molar-refractivity contribution is 7.92. The third kappa shape index (κ3) is 6.00. The molecular weight excluding hydrogens is 540 g/mol. The molecule has 0 bridgehead atoms. The Morgan fingerprint density at radius 1 is 0.949 bits per heavy atom. The predicted octanol–water partition coefficient (Wildman–Crippen LogP) is 5.99. The van der Waals surface area contributed by atoms with Crippen LogP contribution in [-0.2, 0) is 14.8 Å². The van der Waals surface area contributed by atoms with Crippen LogP contribution in [0.3, 0.4) is 0 Å². The van der Waals surface area contributed by atoms with E-state index in [1.807, 2.05) is 48.7 Å². The largest absolute Gasteiger partial charge is 0.495 e. The predicted molar refractivity (Wildman–Crippen MR) is 150 cm³/mol. The second-order valence-electron chi connectivity index (χ2n) is 8.85. The first-order valence-corrected chi connectivity index (χ1v) is 13.8. The van der Waals surface area contributed by atoms with Crippen molar-refractivity contribution < 1.29 is 27.5 Å². The number of aromatic nitrogens is 1. The smallest absolute Gasteiger partial charge is 0.338 e. The van der Waals surface area contributed by atoms with E-state index in [0.717, 1.165) is 17.1 Å². The van der Waals surface area contributed by atoms with Gasteiger partial charge in [-0.3, -0.25) is 9.52 Å². The first-order chi connectivity index (χ1) is 18.5. The van der Waals surface area contributed by atoms with Gasteiger partial charge in [-0.05, 0) is 75.4 Å². The van der Waals surface area contributed by atoms with E-state index in [0.29, 0.717) is 10.6 Å². The van der Waals surface area contributed by atoms with Crippen LogP contribution in [0.2, 0.25) is 5.02 Å². The number of halogens is 1. The maximum Gasteiger partial charge on any atom is 0.338 e. The van der Waals surface area contributed by atoms with Gasteiger partial charge in [-0.15, -0.1) is 0 Å². The molecule has 1 aromatic heterocycles. The molecule has 1 heterocycles. The summed E-state index contributed by atoms with van der Waals surface area (Å²) in [6.07, 6.45) is -1.10. The van der Waals surface area contributed by atoms with Gasteiger partial charge in [0, 0.05) is 27.7 Å². The van der Waals surface area contributed by atoms with Crippen LogP contribution in [0.1, 0.15) is 39.0 Å². The molecule has 0 aliphatic rings. The molecule has 1 atom stereocenters.